The molecule has 0 aliphatic heterocycles. The van der Waals surface area contributed by atoms with E-state index in [0.717, 1.165) is 5.56 Å². The van der Waals surface area contributed by atoms with E-state index in [1.54, 1.807) is 24.3 Å². The Morgan fingerprint density at radius 2 is 1.57 bits per heavy atom. The van der Waals surface area contributed by atoms with Gasteiger partial charge in [0.15, 0.2) is 6.10 Å². The third-order valence-corrected chi connectivity index (χ3v) is 3.65. The molecule has 0 fully saturated rings. The first-order valence-corrected chi connectivity index (χ1v) is 8.95. The van der Waals surface area contributed by atoms with Crippen molar-refractivity contribution in [3.05, 3.63) is 65.7 Å². The minimum absolute atomic E-state index is 0.0227. The molecule has 0 aromatic heterocycles. The Hall–Kier alpha value is -3.35. The monoisotopic (exact) mass is 384 g/mol. The SMILES string of the molecule is CC(C)Oc1ccc(C(=O)O[C@H](C)C(=O)NC(=O)NCc2ccccc2)cc1. The van der Waals surface area contributed by atoms with E-state index in [0.29, 0.717) is 5.75 Å². The first kappa shape index (κ1) is 21.0. The van der Waals surface area contributed by atoms with Crippen LogP contribution in [0.25, 0.3) is 0 Å². The van der Waals surface area contributed by atoms with Crippen LogP contribution >= 0.6 is 0 Å². The molecule has 2 aromatic rings. The van der Waals surface area contributed by atoms with E-state index in [-0.39, 0.29) is 18.2 Å². The maximum absolute atomic E-state index is 12.1. The van der Waals surface area contributed by atoms with Gasteiger partial charge in [-0.15, -0.1) is 0 Å². The molecule has 2 aromatic carbocycles. The molecule has 0 spiro atoms. The Morgan fingerprint density at radius 3 is 2.18 bits per heavy atom. The van der Waals surface area contributed by atoms with Crippen LogP contribution in [0.1, 0.15) is 36.7 Å². The molecule has 7 nitrogen and oxygen atoms in total. The molecular weight excluding hydrogens is 360 g/mol. The molecule has 0 radical (unpaired) electrons. The smallest absolute Gasteiger partial charge is 0.338 e. The van der Waals surface area contributed by atoms with Gasteiger partial charge < -0.3 is 14.8 Å². The van der Waals surface area contributed by atoms with Crippen molar-refractivity contribution in [2.45, 2.75) is 39.5 Å². The Kier molecular flexibility index (Phi) is 7.56. The number of esters is 1. The largest absolute Gasteiger partial charge is 0.491 e. The van der Waals surface area contributed by atoms with Gasteiger partial charge in [-0.3, -0.25) is 10.1 Å². The molecule has 2 N–H and O–H groups in total. The number of nitrogens with one attached hydrogen (secondary N) is 2. The van der Waals surface area contributed by atoms with Gasteiger partial charge in [-0.2, -0.15) is 0 Å². The summed E-state index contributed by atoms with van der Waals surface area (Å²) in [5, 5.41) is 4.72. The van der Waals surface area contributed by atoms with Crippen LogP contribution in [0.4, 0.5) is 4.79 Å². The molecule has 0 aliphatic carbocycles. The lowest BCUT2D eigenvalue weighted by Crippen LogP contribution is -2.44. The second kappa shape index (κ2) is 10.1. The highest BCUT2D eigenvalue weighted by Crippen LogP contribution is 2.15. The van der Waals surface area contributed by atoms with Crippen LogP contribution in [0.5, 0.6) is 5.75 Å². The van der Waals surface area contributed by atoms with Crippen LogP contribution in [0.15, 0.2) is 54.6 Å². The van der Waals surface area contributed by atoms with Gasteiger partial charge in [-0.1, -0.05) is 30.3 Å². The third-order valence-electron chi connectivity index (χ3n) is 3.65. The zero-order chi connectivity index (χ0) is 20.5. The van der Waals surface area contributed by atoms with E-state index in [1.165, 1.54) is 6.92 Å². The Balaban J connectivity index is 1.80. The van der Waals surface area contributed by atoms with Crippen molar-refractivity contribution in [1.29, 1.82) is 0 Å². The van der Waals surface area contributed by atoms with Crippen molar-refractivity contribution in [2.24, 2.45) is 0 Å². The van der Waals surface area contributed by atoms with Gasteiger partial charge in [0, 0.05) is 6.54 Å². The number of carbonyl (C=O) groups is 3. The van der Waals surface area contributed by atoms with Crippen LogP contribution in [0.3, 0.4) is 0 Å². The molecule has 0 saturated heterocycles. The van der Waals surface area contributed by atoms with Gasteiger partial charge >= 0.3 is 12.0 Å². The van der Waals surface area contributed by atoms with Crippen LogP contribution in [-0.4, -0.2) is 30.1 Å². The number of ether oxygens (including phenoxy) is 2. The molecule has 28 heavy (non-hydrogen) atoms. The lowest BCUT2D eigenvalue weighted by Gasteiger charge is -2.14. The van der Waals surface area contributed by atoms with Gasteiger partial charge in [0.25, 0.3) is 5.91 Å². The van der Waals surface area contributed by atoms with E-state index < -0.39 is 24.0 Å². The van der Waals surface area contributed by atoms with Gasteiger partial charge in [0.2, 0.25) is 0 Å². The molecule has 0 bridgehead atoms. The average Bonchev–Trinajstić information content (AvgIpc) is 2.67. The molecular formula is C21H24N2O5. The van der Waals surface area contributed by atoms with Crippen LogP contribution in [-0.2, 0) is 16.1 Å². The quantitative estimate of drug-likeness (QED) is 0.716. The average molecular weight is 384 g/mol. The summed E-state index contributed by atoms with van der Waals surface area (Å²) >= 11 is 0. The molecule has 0 heterocycles. The minimum Gasteiger partial charge on any atom is -0.491 e. The van der Waals surface area contributed by atoms with E-state index in [2.05, 4.69) is 10.6 Å². The van der Waals surface area contributed by atoms with Crippen LogP contribution < -0.4 is 15.4 Å². The topological polar surface area (TPSA) is 93.7 Å². The summed E-state index contributed by atoms with van der Waals surface area (Å²) in [4.78, 5) is 36.0. The zero-order valence-corrected chi connectivity index (χ0v) is 16.1. The zero-order valence-electron chi connectivity index (χ0n) is 16.1. The first-order chi connectivity index (χ1) is 13.3. The lowest BCUT2D eigenvalue weighted by molar-refractivity contribution is -0.127. The van der Waals surface area contributed by atoms with E-state index in [4.69, 9.17) is 9.47 Å². The highest BCUT2D eigenvalue weighted by Gasteiger charge is 2.20. The number of imide groups is 1. The number of hydrogen-bond donors (Lipinski definition) is 2. The van der Waals surface area contributed by atoms with E-state index >= 15 is 0 Å². The predicted molar refractivity (Wildman–Crippen MR) is 104 cm³/mol. The number of rotatable bonds is 7. The van der Waals surface area contributed by atoms with E-state index in [1.807, 2.05) is 44.2 Å². The molecule has 1 atom stereocenters. The van der Waals surface area contributed by atoms with Gasteiger partial charge in [-0.25, -0.2) is 9.59 Å². The molecule has 148 valence electrons. The van der Waals surface area contributed by atoms with E-state index in [9.17, 15) is 14.4 Å². The molecule has 0 saturated carbocycles. The number of urea groups is 1. The Morgan fingerprint density at radius 1 is 0.929 bits per heavy atom. The molecule has 7 heteroatoms. The van der Waals surface area contributed by atoms with Gasteiger partial charge in [0.1, 0.15) is 5.75 Å². The lowest BCUT2D eigenvalue weighted by atomic mass is 10.2. The summed E-state index contributed by atoms with van der Waals surface area (Å²) in [6.07, 6.45) is -1.10. The second-order valence-electron chi connectivity index (χ2n) is 6.40. The fraction of sp³-hybridized carbons (Fsp3) is 0.286. The number of amides is 3. The van der Waals surface area contributed by atoms with Crippen LogP contribution in [0, 0.1) is 0 Å². The van der Waals surface area contributed by atoms with Crippen molar-refractivity contribution in [3.63, 3.8) is 0 Å². The summed E-state index contributed by atoms with van der Waals surface area (Å²) < 4.78 is 10.6. The Labute approximate surface area is 164 Å². The first-order valence-electron chi connectivity index (χ1n) is 8.95. The summed E-state index contributed by atoms with van der Waals surface area (Å²) in [7, 11) is 0. The fourth-order valence-electron chi connectivity index (χ4n) is 2.26. The van der Waals surface area contributed by atoms with Gasteiger partial charge in [-0.05, 0) is 50.6 Å². The highest BCUT2D eigenvalue weighted by atomic mass is 16.5. The summed E-state index contributed by atoms with van der Waals surface area (Å²) in [5.41, 5.74) is 1.18. The standard InChI is InChI=1S/C21H24N2O5/c1-14(2)27-18-11-9-17(10-12-18)20(25)28-15(3)19(24)23-21(26)22-13-16-7-5-4-6-8-16/h4-12,14-15H,13H2,1-3H3,(H2,22,23,24,26)/t15-/m1/s1. The maximum Gasteiger partial charge on any atom is 0.338 e. The fourth-order valence-corrected chi connectivity index (χ4v) is 2.26. The second-order valence-corrected chi connectivity index (χ2v) is 6.40. The number of benzene rings is 2. The van der Waals surface area contributed by atoms with Gasteiger partial charge in [0.05, 0.1) is 11.7 Å². The van der Waals surface area contributed by atoms with Crippen molar-refractivity contribution in [2.75, 3.05) is 0 Å². The maximum atomic E-state index is 12.1. The van der Waals surface area contributed by atoms with Crippen molar-refractivity contribution in [1.82, 2.24) is 10.6 Å². The number of hydrogen-bond acceptors (Lipinski definition) is 5. The number of carbonyl (C=O) groups excluding carboxylic acids is 3. The Bertz CT molecular complexity index is 803. The summed E-state index contributed by atoms with van der Waals surface area (Å²) in [6.45, 7) is 5.48. The molecule has 3 amide bonds. The van der Waals surface area contributed by atoms with Crippen molar-refractivity contribution in [3.8, 4) is 5.75 Å². The summed E-state index contributed by atoms with van der Waals surface area (Å²) in [5.74, 6) is -0.741. The molecule has 2 rings (SSSR count). The summed E-state index contributed by atoms with van der Waals surface area (Å²) in [6, 6.07) is 15.0. The third kappa shape index (κ3) is 6.75. The molecule has 0 unspecified atom stereocenters. The molecule has 0 aliphatic rings. The highest BCUT2D eigenvalue weighted by molar-refractivity contribution is 5.98. The normalized spacial score (nSPS) is 11.4. The predicted octanol–water partition coefficient (Wildman–Crippen LogP) is 3.05. The van der Waals surface area contributed by atoms with Crippen molar-refractivity contribution >= 4 is 17.9 Å². The van der Waals surface area contributed by atoms with Crippen LogP contribution in [0.2, 0.25) is 0 Å². The minimum atomic E-state index is -1.12. The van der Waals surface area contributed by atoms with Crippen molar-refractivity contribution < 1.29 is 23.9 Å².